The lowest BCUT2D eigenvalue weighted by Gasteiger charge is -2.38. The van der Waals surface area contributed by atoms with Crippen LogP contribution in [0.5, 0.6) is 0 Å². The van der Waals surface area contributed by atoms with Crippen molar-refractivity contribution in [2.45, 2.75) is 117 Å². The standard InChI is InChI=1S/C22H46O2Si2/c1-17(2)26(18(3)4,19(5)6)16-14-20(7)21(23)13-15-24-25(11,12)22(8,9)10/h17-21,23H,13,15H2,1-12H3/t20-,21+/m0/s1. The molecule has 1 N–H and O–H groups in total. The summed E-state index contributed by atoms with van der Waals surface area (Å²) in [5.74, 6) is 3.46. The lowest BCUT2D eigenvalue weighted by Crippen LogP contribution is -2.43. The fourth-order valence-corrected chi connectivity index (χ4v) is 10.1. The largest absolute Gasteiger partial charge is 0.417 e. The summed E-state index contributed by atoms with van der Waals surface area (Å²) in [4.78, 5) is 0. The second-order valence-corrected chi connectivity index (χ2v) is 20.8. The van der Waals surface area contributed by atoms with Crippen molar-refractivity contribution in [3.63, 3.8) is 0 Å². The van der Waals surface area contributed by atoms with Crippen molar-refractivity contribution in [2.75, 3.05) is 6.61 Å². The monoisotopic (exact) mass is 398 g/mol. The molecule has 0 aliphatic carbocycles. The molecule has 0 rings (SSSR count). The maximum Gasteiger partial charge on any atom is 0.191 e. The molecule has 0 spiro atoms. The number of aliphatic hydroxyl groups excluding tert-OH is 1. The van der Waals surface area contributed by atoms with Crippen molar-refractivity contribution in [3.05, 3.63) is 0 Å². The van der Waals surface area contributed by atoms with Crippen LogP contribution in [0, 0.1) is 17.4 Å². The summed E-state index contributed by atoms with van der Waals surface area (Å²) in [5, 5.41) is 10.8. The van der Waals surface area contributed by atoms with Gasteiger partial charge in [-0.05, 0) is 48.1 Å². The fourth-order valence-electron chi connectivity index (χ4n) is 3.67. The summed E-state index contributed by atoms with van der Waals surface area (Å²) in [5.41, 5.74) is 5.62. The molecule has 0 aromatic carbocycles. The Morgan fingerprint density at radius 2 is 1.31 bits per heavy atom. The van der Waals surface area contributed by atoms with Gasteiger partial charge < -0.3 is 9.53 Å². The summed E-state index contributed by atoms with van der Waals surface area (Å²) in [6, 6.07) is 0. The molecule has 0 aliphatic rings. The van der Waals surface area contributed by atoms with Gasteiger partial charge in [-0.2, -0.15) is 0 Å². The van der Waals surface area contributed by atoms with E-state index >= 15 is 0 Å². The van der Waals surface area contributed by atoms with Crippen LogP contribution in [0.25, 0.3) is 0 Å². The minimum Gasteiger partial charge on any atom is -0.417 e. The molecule has 0 unspecified atom stereocenters. The van der Waals surface area contributed by atoms with Crippen LogP contribution >= 0.6 is 0 Å². The van der Waals surface area contributed by atoms with Gasteiger partial charge >= 0.3 is 0 Å². The van der Waals surface area contributed by atoms with E-state index in [1.807, 2.05) is 0 Å². The summed E-state index contributed by atoms with van der Waals surface area (Å²) >= 11 is 0. The van der Waals surface area contributed by atoms with Gasteiger partial charge in [-0.25, -0.2) is 0 Å². The molecule has 0 bridgehead atoms. The Morgan fingerprint density at radius 1 is 0.885 bits per heavy atom. The minimum absolute atomic E-state index is 0.00106. The number of aliphatic hydroxyl groups is 1. The van der Waals surface area contributed by atoms with Gasteiger partial charge in [0.1, 0.15) is 8.07 Å². The third kappa shape index (κ3) is 6.51. The Labute approximate surface area is 166 Å². The van der Waals surface area contributed by atoms with Gasteiger partial charge in [0.25, 0.3) is 0 Å². The first-order valence-corrected chi connectivity index (χ1v) is 15.6. The first-order valence-electron chi connectivity index (χ1n) is 10.4. The lowest BCUT2D eigenvalue weighted by molar-refractivity contribution is 0.108. The first kappa shape index (κ1) is 25.9. The molecule has 0 amide bonds. The summed E-state index contributed by atoms with van der Waals surface area (Å²) in [7, 11) is -3.46. The van der Waals surface area contributed by atoms with Gasteiger partial charge in [-0.15, -0.1) is 11.5 Å². The molecular formula is C22H46O2Si2. The lowest BCUT2D eigenvalue weighted by atomic mass is 10.0. The van der Waals surface area contributed by atoms with Crippen molar-refractivity contribution in [1.82, 2.24) is 0 Å². The van der Waals surface area contributed by atoms with Crippen molar-refractivity contribution in [3.8, 4) is 11.5 Å². The molecule has 0 saturated carbocycles. The second-order valence-electron chi connectivity index (χ2n) is 10.4. The van der Waals surface area contributed by atoms with Crippen LogP contribution < -0.4 is 0 Å². The molecule has 0 aliphatic heterocycles. The van der Waals surface area contributed by atoms with Gasteiger partial charge in [0.15, 0.2) is 8.32 Å². The smallest absolute Gasteiger partial charge is 0.191 e. The highest BCUT2D eigenvalue weighted by atomic mass is 28.4. The summed E-state index contributed by atoms with van der Waals surface area (Å²) < 4.78 is 6.21. The van der Waals surface area contributed by atoms with E-state index in [-0.39, 0.29) is 11.0 Å². The molecule has 2 nitrogen and oxygen atoms in total. The van der Waals surface area contributed by atoms with Crippen LogP contribution in [0.4, 0.5) is 0 Å². The van der Waals surface area contributed by atoms with Crippen LogP contribution in [-0.2, 0) is 4.43 Å². The Bertz CT molecular complexity index is 457. The first-order chi connectivity index (χ1) is 11.6. The minimum atomic E-state index is -1.74. The van der Waals surface area contributed by atoms with Gasteiger partial charge in [-0.1, -0.05) is 62.3 Å². The van der Waals surface area contributed by atoms with Crippen LogP contribution in [0.1, 0.15) is 75.7 Å². The molecule has 0 heterocycles. The van der Waals surface area contributed by atoms with Gasteiger partial charge in [0.2, 0.25) is 0 Å². The molecule has 154 valence electrons. The molecule has 0 aromatic heterocycles. The van der Waals surface area contributed by atoms with E-state index in [1.165, 1.54) is 0 Å². The fraction of sp³-hybridized carbons (Fsp3) is 0.909. The number of hydrogen-bond donors (Lipinski definition) is 1. The molecule has 0 aromatic rings. The third-order valence-corrected chi connectivity index (χ3v) is 17.5. The van der Waals surface area contributed by atoms with Crippen molar-refractivity contribution in [2.24, 2.45) is 5.92 Å². The van der Waals surface area contributed by atoms with Crippen molar-refractivity contribution >= 4 is 16.4 Å². The van der Waals surface area contributed by atoms with Crippen molar-refractivity contribution < 1.29 is 9.53 Å². The molecule has 0 fully saturated rings. The zero-order valence-electron chi connectivity index (χ0n) is 19.7. The van der Waals surface area contributed by atoms with Gasteiger partial charge in [-0.3, -0.25) is 0 Å². The van der Waals surface area contributed by atoms with Gasteiger partial charge in [0.05, 0.1) is 6.10 Å². The SMILES string of the molecule is CC(C)[Si](C#C[C@H](C)[C@H](O)CCO[Si](C)(C)C(C)(C)C)(C(C)C)C(C)C. The third-order valence-electron chi connectivity index (χ3n) is 6.64. The highest BCUT2D eigenvalue weighted by Crippen LogP contribution is 2.41. The van der Waals surface area contributed by atoms with E-state index in [1.54, 1.807) is 0 Å². The molecule has 0 radical (unpaired) electrons. The van der Waals surface area contributed by atoms with E-state index in [9.17, 15) is 5.11 Å². The highest BCUT2D eigenvalue weighted by Gasteiger charge is 2.42. The predicted molar refractivity (Wildman–Crippen MR) is 122 cm³/mol. The van der Waals surface area contributed by atoms with Crippen LogP contribution in [0.15, 0.2) is 0 Å². The quantitative estimate of drug-likeness (QED) is 0.368. The maximum atomic E-state index is 10.6. The molecule has 26 heavy (non-hydrogen) atoms. The zero-order chi connectivity index (χ0) is 20.9. The Kier molecular flexibility index (Phi) is 9.88. The Balaban J connectivity index is 5.02. The topological polar surface area (TPSA) is 29.5 Å². The van der Waals surface area contributed by atoms with Crippen molar-refractivity contribution in [1.29, 1.82) is 0 Å². The van der Waals surface area contributed by atoms with E-state index < -0.39 is 22.5 Å². The van der Waals surface area contributed by atoms with Gasteiger partial charge in [0, 0.05) is 12.5 Å². The molecular weight excluding hydrogens is 352 g/mol. The molecule has 0 saturated heterocycles. The van der Waals surface area contributed by atoms with Crippen LogP contribution in [0.2, 0.25) is 34.8 Å². The van der Waals surface area contributed by atoms with Crippen LogP contribution in [0.3, 0.4) is 0 Å². The van der Waals surface area contributed by atoms with E-state index in [4.69, 9.17) is 4.43 Å². The molecule has 4 heteroatoms. The normalized spacial score (nSPS) is 16.0. The molecule has 2 atom stereocenters. The van der Waals surface area contributed by atoms with E-state index in [0.717, 1.165) is 0 Å². The Hall–Kier alpha value is -0.0862. The summed E-state index contributed by atoms with van der Waals surface area (Å²) in [6.45, 7) is 27.9. The predicted octanol–water partition coefficient (Wildman–Crippen LogP) is 6.62. The highest BCUT2D eigenvalue weighted by molar-refractivity contribution is 6.90. The maximum absolute atomic E-state index is 10.6. The second kappa shape index (κ2) is 9.91. The van der Waals surface area contributed by atoms with Crippen LogP contribution in [-0.4, -0.2) is 34.2 Å². The Morgan fingerprint density at radius 3 is 1.65 bits per heavy atom. The zero-order valence-corrected chi connectivity index (χ0v) is 21.7. The average molecular weight is 399 g/mol. The average Bonchev–Trinajstić information content (AvgIpc) is 2.44. The number of hydrogen-bond acceptors (Lipinski definition) is 2. The number of rotatable bonds is 8. The summed E-state index contributed by atoms with van der Waals surface area (Å²) in [6.07, 6.45) is 0.257. The van der Waals surface area contributed by atoms with E-state index in [0.29, 0.717) is 29.7 Å². The van der Waals surface area contributed by atoms with E-state index in [2.05, 4.69) is 93.8 Å².